The topological polar surface area (TPSA) is 127 Å². The number of aromatic nitrogens is 1. The number of nitrogens with two attached hydrogens (primary N) is 2. The Labute approximate surface area is 160 Å². The van der Waals surface area contributed by atoms with E-state index in [1.165, 1.54) is 12.3 Å². The Morgan fingerprint density at radius 1 is 1.21 bits per heavy atom. The van der Waals surface area contributed by atoms with Gasteiger partial charge in [0, 0.05) is 30.5 Å². The van der Waals surface area contributed by atoms with E-state index in [1.54, 1.807) is 9.80 Å². The maximum atomic E-state index is 14.8. The van der Waals surface area contributed by atoms with Crippen molar-refractivity contribution in [2.75, 3.05) is 29.4 Å². The van der Waals surface area contributed by atoms with Crippen molar-refractivity contribution in [1.29, 1.82) is 0 Å². The number of ether oxygens (including phenoxy) is 1. The number of nitrogens with zero attached hydrogens (tertiary/aromatic N) is 4. The van der Waals surface area contributed by atoms with Crippen molar-refractivity contribution in [2.24, 2.45) is 16.5 Å². The maximum Gasteiger partial charge on any atom is 0.437 e. The first-order valence-electron chi connectivity index (χ1n) is 8.46. The molecule has 1 aromatic carbocycles. The Morgan fingerprint density at radius 2 is 1.96 bits per heavy atom. The highest BCUT2D eigenvalue weighted by Gasteiger charge is 2.28. The summed E-state index contributed by atoms with van der Waals surface area (Å²) in [5.74, 6) is -1.25. The number of pyridine rings is 1. The molecule has 9 nitrogen and oxygen atoms in total. The van der Waals surface area contributed by atoms with E-state index in [9.17, 15) is 14.0 Å². The molecule has 0 saturated carbocycles. The zero-order chi connectivity index (χ0) is 20.1. The lowest BCUT2D eigenvalue weighted by Crippen LogP contribution is -2.51. The molecule has 1 aromatic heterocycles. The zero-order valence-corrected chi connectivity index (χ0v) is 14.9. The molecule has 146 valence electrons. The van der Waals surface area contributed by atoms with Crippen LogP contribution in [0.15, 0.2) is 47.6 Å². The van der Waals surface area contributed by atoms with Gasteiger partial charge in [-0.3, -0.25) is 4.79 Å². The van der Waals surface area contributed by atoms with Gasteiger partial charge in [0.25, 0.3) is 0 Å². The molecule has 0 radical (unpaired) electrons. The largest absolute Gasteiger partial charge is 0.443 e. The molecule has 1 saturated heterocycles. The van der Waals surface area contributed by atoms with E-state index in [0.717, 1.165) is 5.69 Å². The van der Waals surface area contributed by atoms with Gasteiger partial charge in [-0.2, -0.15) is 0 Å². The van der Waals surface area contributed by atoms with Crippen LogP contribution in [-0.2, 0) is 16.1 Å². The molecule has 0 aliphatic carbocycles. The summed E-state index contributed by atoms with van der Waals surface area (Å²) in [7, 11) is 0. The fraction of sp³-hybridized carbons (Fsp3) is 0.222. The number of carbonyl (C=O) groups is 2. The molecule has 28 heavy (non-hydrogen) atoms. The molecule has 0 unspecified atom stereocenters. The highest BCUT2D eigenvalue weighted by molar-refractivity contribution is 5.97. The van der Waals surface area contributed by atoms with Crippen molar-refractivity contribution in [3.05, 3.63) is 54.0 Å². The lowest BCUT2D eigenvalue weighted by Gasteiger charge is -2.35. The van der Waals surface area contributed by atoms with Crippen molar-refractivity contribution in [1.82, 2.24) is 4.98 Å². The summed E-state index contributed by atoms with van der Waals surface area (Å²) in [6.45, 7) is 0.417. The standard InChI is InChI=1S/C18H19FN6O3/c19-15-12(11-28-18(27)23-17(20)21)6-7-22-16(15)24-8-9-25(14(26)10-24)13-4-2-1-3-5-13/h1-7H,8-11H2,(H4,20,21,23,27). The van der Waals surface area contributed by atoms with Gasteiger partial charge in [-0.15, -0.1) is 4.99 Å². The van der Waals surface area contributed by atoms with Crippen LogP contribution in [0.5, 0.6) is 0 Å². The SMILES string of the molecule is NC(N)=NC(=O)OCc1ccnc(N2CCN(c3ccccc3)C(=O)C2)c1F. The second-order valence-electron chi connectivity index (χ2n) is 6.00. The third-order valence-electron chi connectivity index (χ3n) is 4.11. The van der Waals surface area contributed by atoms with Gasteiger partial charge in [-0.05, 0) is 18.2 Å². The molecule has 0 atom stereocenters. The summed E-state index contributed by atoms with van der Waals surface area (Å²) in [5.41, 5.74) is 11.1. The van der Waals surface area contributed by atoms with Crippen LogP contribution in [0.2, 0.25) is 0 Å². The summed E-state index contributed by atoms with van der Waals surface area (Å²) in [6, 6.07) is 10.6. The van der Waals surface area contributed by atoms with Crippen LogP contribution in [0.3, 0.4) is 0 Å². The first-order valence-corrected chi connectivity index (χ1v) is 8.46. The summed E-state index contributed by atoms with van der Waals surface area (Å²) in [6.07, 6.45) is 0.361. The van der Waals surface area contributed by atoms with Crippen LogP contribution in [0.25, 0.3) is 0 Å². The van der Waals surface area contributed by atoms with Gasteiger partial charge >= 0.3 is 6.09 Å². The molecule has 1 aliphatic rings. The van der Waals surface area contributed by atoms with E-state index in [4.69, 9.17) is 16.2 Å². The van der Waals surface area contributed by atoms with Crippen LogP contribution in [0.1, 0.15) is 5.56 Å². The molecule has 2 heterocycles. The second-order valence-corrected chi connectivity index (χ2v) is 6.00. The van der Waals surface area contributed by atoms with Gasteiger partial charge in [0.2, 0.25) is 5.91 Å². The Kier molecular flexibility index (Phi) is 5.68. The van der Waals surface area contributed by atoms with Crippen LogP contribution in [0.4, 0.5) is 20.7 Å². The quantitative estimate of drug-likeness (QED) is 0.592. The normalized spacial score (nSPS) is 14.0. The molecule has 2 amide bonds. The molecule has 10 heteroatoms. The van der Waals surface area contributed by atoms with E-state index in [2.05, 4.69) is 9.98 Å². The molecule has 2 aromatic rings. The summed E-state index contributed by atoms with van der Waals surface area (Å²) < 4.78 is 19.6. The van der Waals surface area contributed by atoms with E-state index >= 15 is 0 Å². The summed E-state index contributed by atoms with van der Waals surface area (Å²) in [5, 5.41) is 0. The fourth-order valence-electron chi connectivity index (χ4n) is 2.82. The number of guanidine groups is 1. The third kappa shape index (κ3) is 4.34. The predicted molar refractivity (Wildman–Crippen MR) is 101 cm³/mol. The lowest BCUT2D eigenvalue weighted by atomic mass is 10.2. The molecule has 3 rings (SSSR count). The number of amides is 2. The average Bonchev–Trinajstić information content (AvgIpc) is 2.67. The lowest BCUT2D eigenvalue weighted by molar-refractivity contribution is -0.117. The van der Waals surface area contributed by atoms with Crippen molar-refractivity contribution in [3.8, 4) is 0 Å². The number of halogens is 1. The number of aliphatic imine (C=N–C) groups is 1. The van der Waals surface area contributed by atoms with Crippen LogP contribution < -0.4 is 21.3 Å². The Hall–Kier alpha value is -3.69. The number of para-hydroxylation sites is 1. The van der Waals surface area contributed by atoms with Gasteiger partial charge in [0.15, 0.2) is 17.6 Å². The van der Waals surface area contributed by atoms with Crippen molar-refractivity contribution < 1.29 is 18.7 Å². The Bertz CT molecular complexity index is 901. The Balaban J connectivity index is 1.70. The van der Waals surface area contributed by atoms with Gasteiger partial charge < -0.3 is 26.0 Å². The average molecular weight is 386 g/mol. The van der Waals surface area contributed by atoms with Gasteiger partial charge in [-0.25, -0.2) is 14.2 Å². The van der Waals surface area contributed by atoms with Crippen molar-refractivity contribution in [2.45, 2.75) is 6.61 Å². The van der Waals surface area contributed by atoms with Crippen molar-refractivity contribution >= 4 is 29.5 Å². The van der Waals surface area contributed by atoms with E-state index < -0.39 is 17.9 Å². The van der Waals surface area contributed by atoms with E-state index in [0.29, 0.717) is 13.1 Å². The summed E-state index contributed by atoms with van der Waals surface area (Å²) in [4.78, 5) is 34.3. The molecule has 0 spiro atoms. The predicted octanol–water partition coefficient (Wildman–Crippen LogP) is 0.984. The molecular formula is C18H19FN6O3. The van der Waals surface area contributed by atoms with Gasteiger partial charge in [0.1, 0.15) is 6.61 Å². The third-order valence-corrected chi connectivity index (χ3v) is 4.11. The number of carbonyl (C=O) groups excluding carboxylic acids is 2. The smallest absolute Gasteiger partial charge is 0.437 e. The zero-order valence-electron chi connectivity index (χ0n) is 14.9. The van der Waals surface area contributed by atoms with E-state index in [-0.39, 0.29) is 30.4 Å². The molecule has 1 fully saturated rings. The molecule has 1 aliphatic heterocycles. The first-order chi connectivity index (χ1) is 13.5. The number of anilines is 2. The highest BCUT2D eigenvalue weighted by atomic mass is 19.1. The first kappa shape index (κ1) is 19.1. The maximum absolute atomic E-state index is 14.8. The minimum Gasteiger partial charge on any atom is -0.443 e. The van der Waals surface area contributed by atoms with Crippen LogP contribution in [0, 0.1) is 5.82 Å². The number of hydrogen-bond acceptors (Lipinski definition) is 5. The van der Waals surface area contributed by atoms with Crippen LogP contribution >= 0.6 is 0 Å². The Morgan fingerprint density at radius 3 is 2.64 bits per heavy atom. The fourth-order valence-corrected chi connectivity index (χ4v) is 2.82. The van der Waals surface area contributed by atoms with E-state index in [1.807, 2.05) is 30.3 Å². The molecule has 0 bridgehead atoms. The van der Waals surface area contributed by atoms with Gasteiger partial charge in [-0.1, -0.05) is 18.2 Å². The molecule has 4 N–H and O–H groups in total. The number of hydrogen-bond donors (Lipinski definition) is 2. The number of benzene rings is 1. The monoisotopic (exact) mass is 386 g/mol. The van der Waals surface area contributed by atoms with Crippen molar-refractivity contribution in [3.63, 3.8) is 0 Å². The van der Waals surface area contributed by atoms with Gasteiger partial charge in [0.05, 0.1) is 6.54 Å². The summed E-state index contributed by atoms with van der Waals surface area (Å²) >= 11 is 0. The minimum absolute atomic E-state index is 0.0178. The molecular weight excluding hydrogens is 367 g/mol. The minimum atomic E-state index is -1.02. The second kappa shape index (κ2) is 8.33. The van der Waals surface area contributed by atoms with Crippen LogP contribution in [-0.4, -0.2) is 42.6 Å². The number of piperazine rings is 1. The highest BCUT2D eigenvalue weighted by Crippen LogP contribution is 2.24. The number of rotatable bonds is 4.